The fourth-order valence-corrected chi connectivity index (χ4v) is 0.784. The van der Waals surface area contributed by atoms with Gasteiger partial charge in [-0.15, -0.1) is 0 Å². The summed E-state index contributed by atoms with van der Waals surface area (Å²) in [5.74, 6) is -1.19. The third kappa shape index (κ3) is 8.83. The second kappa shape index (κ2) is 7.23. The average Bonchev–Trinajstić information content (AvgIpc) is 2.21. The Kier molecular flexibility index (Phi) is 6.72. The Morgan fingerprint density at radius 3 is 2.39 bits per heavy atom. The third-order valence-electron chi connectivity index (χ3n) is 2.14. The first-order valence-corrected chi connectivity index (χ1v) is 5.74. The molecule has 1 N–H and O–H groups in total. The second-order valence-corrected chi connectivity index (χ2v) is 4.74. The van der Waals surface area contributed by atoms with Gasteiger partial charge in [-0.05, 0) is 26.3 Å². The molecule has 0 bridgehead atoms. The monoisotopic (exact) mass is 262 g/mol. The molecule has 18 heavy (non-hydrogen) atoms. The molecular formula is C12H22O6. The quantitative estimate of drug-likeness (QED) is 0.238. The van der Waals surface area contributed by atoms with Crippen LogP contribution >= 0.6 is 0 Å². The summed E-state index contributed by atoms with van der Waals surface area (Å²) in [6.07, 6.45) is 2.33. The van der Waals surface area contributed by atoms with E-state index in [1.807, 2.05) is 20.8 Å². The summed E-state index contributed by atoms with van der Waals surface area (Å²) in [6, 6.07) is 0. The average molecular weight is 262 g/mol. The normalized spacial score (nSPS) is 12.7. The van der Waals surface area contributed by atoms with Crippen LogP contribution in [0, 0.1) is 0 Å². The van der Waals surface area contributed by atoms with Crippen molar-refractivity contribution in [1.82, 2.24) is 0 Å². The Morgan fingerprint density at radius 2 is 1.89 bits per heavy atom. The van der Waals surface area contributed by atoms with Gasteiger partial charge in [-0.25, -0.2) is 4.79 Å². The molecule has 0 aromatic carbocycles. The first-order valence-electron chi connectivity index (χ1n) is 5.74. The van der Waals surface area contributed by atoms with Crippen molar-refractivity contribution in [2.45, 2.75) is 52.4 Å². The molecule has 0 fully saturated rings. The first kappa shape index (κ1) is 16.7. The zero-order valence-corrected chi connectivity index (χ0v) is 11.6. The Labute approximate surface area is 107 Å². The van der Waals surface area contributed by atoms with Gasteiger partial charge in [-0.3, -0.25) is 0 Å². The molecule has 6 heteroatoms. The first-order chi connectivity index (χ1) is 8.18. The summed E-state index contributed by atoms with van der Waals surface area (Å²) in [7, 11) is 0. The molecule has 0 aliphatic carbocycles. The predicted octanol–water partition coefficient (Wildman–Crippen LogP) is 3.08. The lowest BCUT2D eigenvalue weighted by Gasteiger charge is -2.22. The maximum Gasteiger partial charge on any atom is 0.508 e. The van der Waals surface area contributed by atoms with Crippen LogP contribution in [-0.4, -0.2) is 29.3 Å². The Balaban J connectivity index is 3.81. The van der Waals surface area contributed by atoms with Crippen molar-refractivity contribution in [1.29, 1.82) is 0 Å². The van der Waals surface area contributed by atoms with Crippen LogP contribution in [0.25, 0.3) is 0 Å². The minimum atomic E-state index is -1.38. The van der Waals surface area contributed by atoms with Gasteiger partial charge in [0.05, 0.1) is 6.61 Å². The largest absolute Gasteiger partial charge is 0.508 e. The SMILES string of the molecule is CCC(C)(C)OOC=CCOC(C)(C)OC(=O)O. The molecule has 0 aliphatic heterocycles. The van der Waals surface area contributed by atoms with Crippen LogP contribution in [0.2, 0.25) is 0 Å². The topological polar surface area (TPSA) is 74.2 Å². The number of ether oxygens (including phenoxy) is 2. The van der Waals surface area contributed by atoms with Gasteiger partial charge in [-0.1, -0.05) is 6.92 Å². The van der Waals surface area contributed by atoms with Crippen molar-refractivity contribution in [2.24, 2.45) is 0 Å². The molecule has 0 unspecified atom stereocenters. The van der Waals surface area contributed by atoms with Crippen molar-refractivity contribution in [3.8, 4) is 0 Å². The van der Waals surface area contributed by atoms with Crippen LogP contribution in [0.3, 0.4) is 0 Å². The molecule has 0 aromatic rings. The van der Waals surface area contributed by atoms with E-state index in [4.69, 9.17) is 19.6 Å². The van der Waals surface area contributed by atoms with Crippen LogP contribution in [0.15, 0.2) is 12.3 Å². The van der Waals surface area contributed by atoms with Gasteiger partial charge in [0.2, 0.25) is 5.79 Å². The van der Waals surface area contributed by atoms with Crippen LogP contribution in [0.4, 0.5) is 4.79 Å². The third-order valence-corrected chi connectivity index (χ3v) is 2.14. The highest BCUT2D eigenvalue weighted by molar-refractivity contribution is 5.57. The lowest BCUT2D eigenvalue weighted by molar-refractivity contribution is -0.316. The molecular weight excluding hydrogens is 240 g/mol. The molecule has 0 aromatic heterocycles. The highest BCUT2D eigenvalue weighted by atomic mass is 17.2. The zero-order chi connectivity index (χ0) is 14.2. The van der Waals surface area contributed by atoms with Crippen LogP contribution in [0.5, 0.6) is 0 Å². The van der Waals surface area contributed by atoms with E-state index in [0.29, 0.717) is 0 Å². The minimum absolute atomic E-state index is 0.149. The van der Waals surface area contributed by atoms with Gasteiger partial charge in [-0.2, -0.15) is 4.89 Å². The molecule has 0 radical (unpaired) electrons. The molecule has 0 atom stereocenters. The molecule has 0 heterocycles. The highest BCUT2D eigenvalue weighted by Crippen LogP contribution is 2.14. The van der Waals surface area contributed by atoms with E-state index in [1.54, 1.807) is 6.08 Å². The lowest BCUT2D eigenvalue weighted by atomic mass is 10.1. The van der Waals surface area contributed by atoms with E-state index in [0.717, 1.165) is 6.42 Å². The molecule has 0 amide bonds. The zero-order valence-electron chi connectivity index (χ0n) is 11.6. The molecule has 0 saturated heterocycles. The van der Waals surface area contributed by atoms with Crippen molar-refractivity contribution in [2.75, 3.05) is 6.61 Å². The van der Waals surface area contributed by atoms with Gasteiger partial charge in [0.25, 0.3) is 0 Å². The number of rotatable bonds is 8. The molecule has 0 saturated carbocycles. The van der Waals surface area contributed by atoms with Gasteiger partial charge < -0.3 is 19.5 Å². The van der Waals surface area contributed by atoms with Crippen molar-refractivity contribution < 1.29 is 29.1 Å². The number of hydrogen-bond acceptors (Lipinski definition) is 5. The van der Waals surface area contributed by atoms with Gasteiger partial charge >= 0.3 is 6.16 Å². The molecule has 6 nitrogen and oxygen atoms in total. The van der Waals surface area contributed by atoms with Crippen LogP contribution in [-0.2, 0) is 19.2 Å². The summed E-state index contributed by atoms with van der Waals surface area (Å²) in [5, 5.41) is 8.44. The number of hydrogen-bond donors (Lipinski definition) is 1. The van der Waals surface area contributed by atoms with E-state index >= 15 is 0 Å². The minimum Gasteiger partial charge on any atom is -0.450 e. The standard InChI is InChI=1S/C12H22O6/c1-6-11(2,3)18-16-9-7-8-15-12(4,5)17-10(13)14/h7,9H,6,8H2,1-5H3,(H,13,14). The van der Waals surface area contributed by atoms with E-state index in [9.17, 15) is 4.79 Å². The van der Waals surface area contributed by atoms with Crippen molar-refractivity contribution in [3.05, 3.63) is 12.3 Å². The number of carboxylic acid groups (broad SMARTS) is 1. The summed E-state index contributed by atoms with van der Waals surface area (Å²) in [4.78, 5) is 20.3. The summed E-state index contributed by atoms with van der Waals surface area (Å²) in [5.41, 5.74) is -0.350. The van der Waals surface area contributed by atoms with Gasteiger partial charge in [0.1, 0.15) is 11.9 Å². The maximum atomic E-state index is 10.3. The van der Waals surface area contributed by atoms with E-state index in [-0.39, 0.29) is 12.2 Å². The van der Waals surface area contributed by atoms with Crippen molar-refractivity contribution in [3.63, 3.8) is 0 Å². The summed E-state index contributed by atoms with van der Waals surface area (Å²) in [6.45, 7) is 8.96. The van der Waals surface area contributed by atoms with E-state index in [2.05, 4.69) is 4.74 Å². The predicted molar refractivity (Wildman–Crippen MR) is 64.8 cm³/mol. The Bertz CT molecular complexity index is 282. The molecule has 0 aliphatic rings. The van der Waals surface area contributed by atoms with Gasteiger partial charge in [0.15, 0.2) is 0 Å². The Hall–Kier alpha value is -1.27. The van der Waals surface area contributed by atoms with E-state index in [1.165, 1.54) is 20.1 Å². The smallest absolute Gasteiger partial charge is 0.450 e. The molecule has 0 spiro atoms. The molecule has 0 rings (SSSR count). The highest BCUT2D eigenvalue weighted by Gasteiger charge is 2.22. The molecule has 106 valence electrons. The number of carbonyl (C=O) groups is 1. The van der Waals surface area contributed by atoms with Crippen LogP contribution in [0.1, 0.15) is 41.0 Å². The lowest BCUT2D eigenvalue weighted by Crippen LogP contribution is -2.30. The van der Waals surface area contributed by atoms with Gasteiger partial charge in [0, 0.05) is 13.8 Å². The van der Waals surface area contributed by atoms with Crippen LogP contribution < -0.4 is 0 Å². The summed E-state index contributed by atoms with van der Waals surface area (Å²) < 4.78 is 9.68. The Morgan fingerprint density at radius 1 is 1.28 bits per heavy atom. The van der Waals surface area contributed by atoms with E-state index < -0.39 is 11.9 Å². The van der Waals surface area contributed by atoms with Crippen molar-refractivity contribution >= 4 is 6.16 Å². The fraction of sp³-hybridized carbons (Fsp3) is 0.750. The second-order valence-electron chi connectivity index (χ2n) is 4.74. The fourth-order valence-electron chi connectivity index (χ4n) is 0.784. The maximum absolute atomic E-state index is 10.3. The summed E-state index contributed by atoms with van der Waals surface area (Å²) >= 11 is 0.